The van der Waals surface area contributed by atoms with Crippen molar-refractivity contribution >= 4 is 23.4 Å². The smallest absolute Gasteiger partial charge is 0.291 e. The van der Waals surface area contributed by atoms with Gasteiger partial charge >= 0.3 is 0 Å². The van der Waals surface area contributed by atoms with Crippen LogP contribution in [0.4, 0.5) is 14.5 Å². The van der Waals surface area contributed by atoms with Crippen LogP contribution in [-0.2, 0) is 12.4 Å². The Labute approximate surface area is 124 Å². The number of hydrogen-bond donors (Lipinski definition) is 2. The lowest BCUT2D eigenvalue weighted by molar-refractivity contribution is 0.0995. The fraction of sp³-hybridized carbons (Fsp3) is 0.214. The highest BCUT2D eigenvalue weighted by molar-refractivity contribution is 7.98. The second kappa shape index (κ2) is 7.24. The summed E-state index contributed by atoms with van der Waals surface area (Å²) in [5, 5.41) is 11.5. The molecule has 0 aliphatic heterocycles. The van der Waals surface area contributed by atoms with Crippen molar-refractivity contribution in [1.29, 1.82) is 0 Å². The molecule has 2 N–H and O–H groups in total. The number of halogens is 2. The molecule has 0 radical (unpaired) electrons. The van der Waals surface area contributed by atoms with E-state index in [9.17, 15) is 13.6 Å². The lowest BCUT2D eigenvalue weighted by Gasteiger charge is -2.04. The van der Waals surface area contributed by atoms with E-state index in [1.165, 1.54) is 12.1 Å². The van der Waals surface area contributed by atoms with Crippen molar-refractivity contribution in [2.24, 2.45) is 0 Å². The summed E-state index contributed by atoms with van der Waals surface area (Å²) in [5.41, 5.74) is 1.29. The SMILES string of the molecule is O=C(Nc1ccc(CO)cc1)c1ccc(CSC(F)F)o1. The quantitative estimate of drug-likeness (QED) is 0.857. The molecule has 0 aliphatic rings. The summed E-state index contributed by atoms with van der Waals surface area (Å²) in [6.45, 7) is -0.0719. The molecule has 2 aromatic rings. The Morgan fingerprint density at radius 2 is 1.95 bits per heavy atom. The number of hydrogen-bond acceptors (Lipinski definition) is 4. The van der Waals surface area contributed by atoms with Crippen LogP contribution in [0.15, 0.2) is 40.8 Å². The summed E-state index contributed by atoms with van der Waals surface area (Å²) < 4.78 is 29.3. The Hall–Kier alpha value is -1.86. The average molecular weight is 313 g/mol. The number of anilines is 1. The number of benzene rings is 1. The summed E-state index contributed by atoms with van der Waals surface area (Å²) in [5.74, 6) is -2.54. The molecule has 1 amide bonds. The maximum atomic E-state index is 12.1. The fourth-order valence-corrected chi connectivity index (χ4v) is 2.05. The maximum Gasteiger partial charge on any atom is 0.291 e. The highest BCUT2D eigenvalue weighted by Crippen LogP contribution is 2.21. The van der Waals surface area contributed by atoms with Gasteiger partial charge in [-0.25, -0.2) is 0 Å². The average Bonchev–Trinajstić information content (AvgIpc) is 2.95. The molecule has 4 nitrogen and oxygen atoms in total. The first-order chi connectivity index (χ1) is 10.1. The molecule has 0 aliphatic carbocycles. The number of aliphatic hydroxyl groups excluding tert-OH is 1. The van der Waals surface area contributed by atoms with Gasteiger partial charge < -0.3 is 14.8 Å². The van der Waals surface area contributed by atoms with Gasteiger partial charge in [0.25, 0.3) is 11.7 Å². The van der Waals surface area contributed by atoms with E-state index in [1.54, 1.807) is 24.3 Å². The monoisotopic (exact) mass is 313 g/mol. The van der Waals surface area contributed by atoms with E-state index in [2.05, 4.69) is 5.32 Å². The van der Waals surface area contributed by atoms with Crippen LogP contribution in [0, 0.1) is 0 Å². The summed E-state index contributed by atoms with van der Waals surface area (Å²) >= 11 is 0.435. The minimum atomic E-state index is -2.47. The van der Waals surface area contributed by atoms with Gasteiger partial charge in [-0.2, -0.15) is 8.78 Å². The Kier molecular flexibility index (Phi) is 5.35. The molecular weight excluding hydrogens is 300 g/mol. The molecule has 0 bridgehead atoms. The van der Waals surface area contributed by atoms with Crippen LogP contribution in [0.1, 0.15) is 21.9 Å². The largest absolute Gasteiger partial charge is 0.455 e. The van der Waals surface area contributed by atoms with E-state index in [4.69, 9.17) is 9.52 Å². The predicted molar refractivity (Wildman–Crippen MR) is 76.3 cm³/mol. The number of furan rings is 1. The van der Waals surface area contributed by atoms with Crippen LogP contribution in [0.2, 0.25) is 0 Å². The molecule has 0 atom stereocenters. The molecule has 7 heteroatoms. The fourth-order valence-electron chi connectivity index (χ4n) is 1.61. The van der Waals surface area contributed by atoms with Crippen LogP contribution >= 0.6 is 11.8 Å². The van der Waals surface area contributed by atoms with Gasteiger partial charge in [-0.1, -0.05) is 23.9 Å². The van der Waals surface area contributed by atoms with Crippen LogP contribution in [0.3, 0.4) is 0 Å². The number of amides is 1. The molecule has 0 saturated heterocycles. The van der Waals surface area contributed by atoms with Crippen LogP contribution in [0.25, 0.3) is 0 Å². The van der Waals surface area contributed by atoms with Crippen LogP contribution in [-0.4, -0.2) is 16.8 Å². The van der Waals surface area contributed by atoms with Crippen molar-refractivity contribution in [2.75, 3.05) is 5.32 Å². The Balaban J connectivity index is 1.96. The molecule has 1 aromatic carbocycles. The predicted octanol–water partition coefficient (Wildman–Crippen LogP) is 3.48. The van der Waals surface area contributed by atoms with E-state index < -0.39 is 11.7 Å². The summed E-state index contributed by atoms with van der Waals surface area (Å²) in [6.07, 6.45) is 0. The molecule has 112 valence electrons. The third-order valence-electron chi connectivity index (χ3n) is 2.63. The van der Waals surface area contributed by atoms with Gasteiger partial charge in [0.1, 0.15) is 5.76 Å². The van der Waals surface area contributed by atoms with Crippen molar-refractivity contribution < 1.29 is 23.1 Å². The van der Waals surface area contributed by atoms with Gasteiger partial charge in [0.2, 0.25) is 0 Å². The Morgan fingerprint density at radius 3 is 2.57 bits per heavy atom. The van der Waals surface area contributed by atoms with E-state index in [0.717, 1.165) is 5.56 Å². The molecule has 0 spiro atoms. The van der Waals surface area contributed by atoms with Crippen LogP contribution in [0.5, 0.6) is 0 Å². The van der Waals surface area contributed by atoms with E-state index >= 15 is 0 Å². The number of aliphatic hydroxyl groups is 1. The standard InChI is InChI=1S/C14H13F2NO3S/c15-14(16)21-8-11-5-6-12(20-11)13(19)17-10-3-1-9(7-18)2-4-10/h1-6,14,18H,7-8H2,(H,17,19). The second-order valence-electron chi connectivity index (χ2n) is 4.15. The number of rotatable bonds is 6. The zero-order chi connectivity index (χ0) is 15.2. The Bertz CT molecular complexity index is 599. The van der Waals surface area contributed by atoms with Gasteiger partial charge in [-0.3, -0.25) is 4.79 Å². The zero-order valence-electron chi connectivity index (χ0n) is 10.9. The first-order valence-electron chi connectivity index (χ1n) is 6.08. The van der Waals surface area contributed by atoms with Crippen molar-refractivity contribution in [2.45, 2.75) is 18.1 Å². The third kappa shape index (κ3) is 4.57. The van der Waals surface area contributed by atoms with Crippen molar-refractivity contribution in [3.8, 4) is 0 Å². The molecule has 0 fully saturated rings. The molecule has 0 unspecified atom stereocenters. The molecule has 1 heterocycles. The lowest BCUT2D eigenvalue weighted by Crippen LogP contribution is -2.10. The zero-order valence-corrected chi connectivity index (χ0v) is 11.7. The molecular formula is C14H13F2NO3S. The molecule has 2 rings (SSSR count). The van der Waals surface area contributed by atoms with E-state index in [0.29, 0.717) is 23.2 Å². The topological polar surface area (TPSA) is 62.5 Å². The van der Waals surface area contributed by atoms with Gasteiger partial charge in [0, 0.05) is 5.69 Å². The number of carbonyl (C=O) groups is 1. The highest BCUT2D eigenvalue weighted by Gasteiger charge is 2.13. The first-order valence-corrected chi connectivity index (χ1v) is 7.13. The lowest BCUT2D eigenvalue weighted by atomic mass is 10.2. The summed E-state index contributed by atoms with van der Waals surface area (Å²) in [7, 11) is 0. The van der Waals surface area contributed by atoms with Gasteiger partial charge in [0.05, 0.1) is 12.4 Å². The van der Waals surface area contributed by atoms with Gasteiger partial charge in [-0.15, -0.1) is 0 Å². The number of alkyl halides is 2. The number of nitrogens with one attached hydrogen (secondary N) is 1. The van der Waals surface area contributed by atoms with Crippen molar-refractivity contribution in [3.05, 3.63) is 53.5 Å². The third-order valence-corrected chi connectivity index (χ3v) is 3.33. The maximum absolute atomic E-state index is 12.1. The number of thioether (sulfide) groups is 1. The van der Waals surface area contributed by atoms with Crippen LogP contribution < -0.4 is 5.32 Å². The second-order valence-corrected chi connectivity index (χ2v) is 5.13. The minimum Gasteiger partial charge on any atom is -0.455 e. The van der Waals surface area contributed by atoms with Crippen molar-refractivity contribution in [3.63, 3.8) is 0 Å². The van der Waals surface area contributed by atoms with Gasteiger partial charge in [-0.05, 0) is 29.8 Å². The molecule has 0 saturated carbocycles. The minimum absolute atomic E-state index is 0.0101. The first kappa shape index (κ1) is 15.5. The van der Waals surface area contributed by atoms with Crippen molar-refractivity contribution in [1.82, 2.24) is 0 Å². The molecule has 21 heavy (non-hydrogen) atoms. The van der Waals surface area contributed by atoms with E-state index in [1.807, 2.05) is 0 Å². The van der Waals surface area contributed by atoms with Gasteiger partial charge in [0.15, 0.2) is 5.76 Å². The number of carbonyl (C=O) groups excluding carboxylic acids is 1. The molecule has 1 aromatic heterocycles. The summed E-state index contributed by atoms with van der Waals surface area (Å²) in [4.78, 5) is 11.9. The Morgan fingerprint density at radius 1 is 1.24 bits per heavy atom. The summed E-state index contributed by atoms with van der Waals surface area (Å²) in [6, 6.07) is 9.61. The van der Waals surface area contributed by atoms with E-state index in [-0.39, 0.29) is 18.1 Å². The normalized spacial score (nSPS) is 10.9. The highest BCUT2D eigenvalue weighted by atomic mass is 32.2.